The molecule has 2 amide bonds. The summed E-state index contributed by atoms with van der Waals surface area (Å²) in [5, 5.41) is 14.3. The molecule has 0 bridgehead atoms. The monoisotopic (exact) mass is 286 g/mol. The Hall–Kier alpha value is -1.30. The minimum atomic E-state index is -0.933. The van der Waals surface area contributed by atoms with E-state index in [1.54, 1.807) is 0 Å². The molecule has 1 saturated carbocycles. The quantitative estimate of drug-likeness (QED) is 0.665. The van der Waals surface area contributed by atoms with Crippen LogP contribution in [0.25, 0.3) is 0 Å². The third kappa shape index (κ3) is 6.23. The predicted octanol–water partition coefficient (Wildman–Crippen LogP) is 1.74. The molecule has 0 aromatic heterocycles. The van der Waals surface area contributed by atoms with Gasteiger partial charge < -0.3 is 20.5 Å². The molecule has 0 radical (unpaired) electrons. The van der Waals surface area contributed by atoms with Crippen LogP contribution in [0.5, 0.6) is 0 Å². The molecule has 1 fully saturated rings. The van der Waals surface area contributed by atoms with Gasteiger partial charge in [0.1, 0.15) is 0 Å². The largest absolute Gasteiger partial charge is 0.481 e. The second-order valence-corrected chi connectivity index (χ2v) is 5.45. The molecule has 6 heteroatoms. The summed E-state index contributed by atoms with van der Waals surface area (Å²) in [5.41, 5.74) is 0. The Morgan fingerprint density at radius 1 is 1.40 bits per heavy atom. The Kier molecular flexibility index (Phi) is 7.36. The number of aliphatic carboxylic acids is 1. The Bertz CT molecular complexity index is 322. The van der Waals surface area contributed by atoms with E-state index in [-0.39, 0.29) is 25.0 Å². The predicted molar refractivity (Wildman–Crippen MR) is 75.6 cm³/mol. The van der Waals surface area contributed by atoms with Crippen LogP contribution in [0, 0.1) is 5.92 Å². The summed E-state index contributed by atoms with van der Waals surface area (Å²) in [6.45, 7) is 2.39. The van der Waals surface area contributed by atoms with E-state index in [1.165, 1.54) is 13.5 Å². The SMILES string of the molecule is CCC1CCCC(NC(=O)NCC(CC(=O)O)OC)C1. The molecule has 0 aromatic rings. The summed E-state index contributed by atoms with van der Waals surface area (Å²) in [4.78, 5) is 22.4. The highest BCUT2D eigenvalue weighted by Crippen LogP contribution is 2.26. The third-order valence-electron chi connectivity index (χ3n) is 3.92. The van der Waals surface area contributed by atoms with Crippen molar-refractivity contribution in [3.63, 3.8) is 0 Å². The van der Waals surface area contributed by atoms with Gasteiger partial charge in [0, 0.05) is 19.7 Å². The fraction of sp³-hybridized carbons (Fsp3) is 0.857. The Balaban J connectivity index is 2.26. The lowest BCUT2D eigenvalue weighted by atomic mass is 9.84. The zero-order chi connectivity index (χ0) is 15.0. The lowest BCUT2D eigenvalue weighted by Gasteiger charge is -2.29. The molecule has 3 unspecified atom stereocenters. The van der Waals surface area contributed by atoms with Crippen molar-refractivity contribution in [2.24, 2.45) is 5.92 Å². The molecular formula is C14H26N2O4. The number of amides is 2. The van der Waals surface area contributed by atoms with E-state index in [9.17, 15) is 9.59 Å². The van der Waals surface area contributed by atoms with Gasteiger partial charge in [-0.2, -0.15) is 0 Å². The second-order valence-electron chi connectivity index (χ2n) is 5.45. The van der Waals surface area contributed by atoms with Crippen LogP contribution in [-0.4, -0.2) is 42.9 Å². The molecule has 116 valence electrons. The van der Waals surface area contributed by atoms with Gasteiger partial charge >= 0.3 is 12.0 Å². The van der Waals surface area contributed by atoms with E-state index in [0.29, 0.717) is 5.92 Å². The van der Waals surface area contributed by atoms with Crippen molar-refractivity contribution in [1.29, 1.82) is 0 Å². The van der Waals surface area contributed by atoms with Crippen molar-refractivity contribution >= 4 is 12.0 Å². The first-order chi connectivity index (χ1) is 9.55. The van der Waals surface area contributed by atoms with Gasteiger partial charge in [0.15, 0.2) is 0 Å². The molecule has 20 heavy (non-hydrogen) atoms. The van der Waals surface area contributed by atoms with Gasteiger partial charge in [-0.25, -0.2) is 4.79 Å². The molecule has 1 aliphatic rings. The van der Waals surface area contributed by atoms with Crippen LogP contribution in [0.15, 0.2) is 0 Å². The van der Waals surface area contributed by atoms with Crippen molar-refractivity contribution in [2.75, 3.05) is 13.7 Å². The smallest absolute Gasteiger partial charge is 0.315 e. The summed E-state index contributed by atoms with van der Waals surface area (Å²) in [6, 6.07) is -0.00615. The maximum atomic E-state index is 11.8. The normalized spacial score (nSPS) is 23.9. The van der Waals surface area contributed by atoms with Crippen molar-refractivity contribution < 1.29 is 19.4 Å². The Morgan fingerprint density at radius 3 is 2.75 bits per heavy atom. The van der Waals surface area contributed by atoms with Crippen LogP contribution in [0.2, 0.25) is 0 Å². The van der Waals surface area contributed by atoms with E-state index in [2.05, 4.69) is 17.6 Å². The minimum absolute atomic E-state index is 0.113. The first-order valence-electron chi connectivity index (χ1n) is 7.34. The van der Waals surface area contributed by atoms with Gasteiger partial charge in [-0.05, 0) is 18.8 Å². The van der Waals surface area contributed by atoms with E-state index < -0.39 is 12.1 Å². The number of ether oxygens (including phenoxy) is 1. The lowest BCUT2D eigenvalue weighted by molar-refractivity contribution is -0.139. The van der Waals surface area contributed by atoms with Crippen LogP contribution in [-0.2, 0) is 9.53 Å². The zero-order valence-electron chi connectivity index (χ0n) is 12.4. The molecule has 0 heterocycles. The van der Waals surface area contributed by atoms with Crippen LogP contribution < -0.4 is 10.6 Å². The highest BCUT2D eigenvalue weighted by molar-refractivity contribution is 5.74. The average Bonchev–Trinajstić information content (AvgIpc) is 2.43. The molecule has 0 saturated heterocycles. The van der Waals surface area contributed by atoms with Gasteiger partial charge in [0.25, 0.3) is 0 Å². The minimum Gasteiger partial charge on any atom is -0.481 e. The highest BCUT2D eigenvalue weighted by atomic mass is 16.5. The van der Waals surface area contributed by atoms with Crippen molar-refractivity contribution in [1.82, 2.24) is 10.6 Å². The van der Waals surface area contributed by atoms with Gasteiger partial charge in [-0.15, -0.1) is 0 Å². The van der Waals surface area contributed by atoms with Crippen LogP contribution in [0.3, 0.4) is 0 Å². The van der Waals surface area contributed by atoms with Gasteiger partial charge in [0.05, 0.1) is 12.5 Å². The number of hydrogen-bond acceptors (Lipinski definition) is 3. The topological polar surface area (TPSA) is 87.7 Å². The highest BCUT2D eigenvalue weighted by Gasteiger charge is 2.22. The molecule has 6 nitrogen and oxygen atoms in total. The maximum Gasteiger partial charge on any atom is 0.315 e. The van der Waals surface area contributed by atoms with Crippen molar-refractivity contribution in [3.05, 3.63) is 0 Å². The number of urea groups is 1. The summed E-state index contributed by atoms with van der Waals surface area (Å²) in [7, 11) is 1.44. The molecule has 1 rings (SSSR count). The number of carboxylic acids is 1. The van der Waals surface area contributed by atoms with Gasteiger partial charge in [-0.3, -0.25) is 4.79 Å². The summed E-state index contributed by atoms with van der Waals surface area (Å²) in [5.74, 6) is -0.232. The van der Waals surface area contributed by atoms with Crippen LogP contribution >= 0.6 is 0 Å². The first-order valence-corrected chi connectivity index (χ1v) is 7.34. The second kappa shape index (κ2) is 8.79. The van der Waals surface area contributed by atoms with Crippen LogP contribution in [0.1, 0.15) is 45.4 Å². The van der Waals surface area contributed by atoms with E-state index in [1.807, 2.05) is 0 Å². The molecule has 3 atom stereocenters. The molecule has 3 N–H and O–H groups in total. The molecule has 0 spiro atoms. The number of carbonyl (C=O) groups is 2. The number of nitrogens with one attached hydrogen (secondary N) is 2. The molecule has 0 aromatic carbocycles. The van der Waals surface area contributed by atoms with Crippen LogP contribution in [0.4, 0.5) is 4.79 Å². The van der Waals surface area contributed by atoms with E-state index in [4.69, 9.17) is 9.84 Å². The number of hydrogen-bond donors (Lipinski definition) is 3. The number of carbonyl (C=O) groups excluding carboxylic acids is 1. The average molecular weight is 286 g/mol. The van der Waals surface area contributed by atoms with Crippen molar-refractivity contribution in [3.8, 4) is 0 Å². The molecule has 0 aliphatic heterocycles. The van der Waals surface area contributed by atoms with Gasteiger partial charge in [0.2, 0.25) is 0 Å². The number of carboxylic acid groups (broad SMARTS) is 1. The lowest BCUT2D eigenvalue weighted by Crippen LogP contribution is -2.46. The maximum absolute atomic E-state index is 11.8. The molecule has 1 aliphatic carbocycles. The van der Waals surface area contributed by atoms with E-state index >= 15 is 0 Å². The molecular weight excluding hydrogens is 260 g/mol. The number of rotatable bonds is 7. The van der Waals surface area contributed by atoms with E-state index in [0.717, 1.165) is 25.7 Å². The summed E-state index contributed by atoms with van der Waals surface area (Å²) >= 11 is 0. The Labute approximate surface area is 120 Å². The summed E-state index contributed by atoms with van der Waals surface area (Å²) < 4.78 is 5.01. The number of methoxy groups -OCH3 is 1. The summed E-state index contributed by atoms with van der Waals surface area (Å²) in [6.07, 6.45) is 5.01. The van der Waals surface area contributed by atoms with Crippen molar-refractivity contribution in [2.45, 2.75) is 57.6 Å². The zero-order valence-corrected chi connectivity index (χ0v) is 12.4. The van der Waals surface area contributed by atoms with Gasteiger partial charge in [-0.1, -0.05) is 26.2 Å². The third-order valence-corrected chi connectivity index (χ3v) is 3.92. The Morgan fingerprint density at radius 2 is 2.15 bits per heavy atom. The first kappa shape index (κ1) is 16.8. The fourth-order valence-electron chi connectivity index (χ4n) is 2.67. The fourth-order valence-corrected chi connectivity index (χ4v) is 2.67. The standard InChI is InChI=1S/C14H26N2O4/c1-3-10-5-4-6-11(7-10)16-14(19)15-9-12(20-2)8-13(17)18/h10-12H,3-9H2,1-2H3,(H,17,18)(H2,15,16,19).